The molecule has 0 spiro atoms. The van der Waals surface area contributed by atoms with Crippen molar-refractivity contribution in [1.29, 1.82) is 0 Å². The second-order valence-corrected chi connectivity index (χ2v) is 8.96. The van der Waals surface area contributed by atoms with Crippen molar-refractivity contribution in [1.82, 2.24) is 10.2 Å². The van der Waals surface area contributed by atoms with E-state index in [1.54, 1.807) is 17.2 Å². The Morgan fingerprint density at radius 2 is 1.75 bits per heavy atom. The summed E-state index contributed by atoms with van der Waals surface area (Å²) in [6.07, 6.45) is 2.96. The largest absolute Gasteiger partial charge is 0.466 e. The van der Waals surface area contributed by atoms with Crippen LogP contribution in [0.1, 0.15) is 49.8 Å². The molecule has 1 aliphatic heterocycles. The van der Waals surface area contributed by atoms with Gasteiger partial charge in [-0.25, -0.2) is 8.78 Å². The third kappa shape index (κ3) is 5.33. The van der Waals surface area contributed by atoms with Gasteiger partial charge < -0.3 is 9.73 Å². The first-order valence-corrected chi connectivity index (χ1v) is 12.0. The van der Waals surface area contributed by atoms with Crippen molar-refractivity contribution >= 4 is 11.6 Å². The summed E-state index contributed by atoms with van der Waals surface area (Å²) in [5.41, 5.74) is 4.64. The maximum atomic E-state index is 14.5. The number of halogens is 2. The Morgan fingerprint density at radius 1 is 1.00 bits per heavy atom. The molecule has 1 N–H and O–H groups in total. The van der Waals surface area contributed by atoms with Crippen molar-refractivity contribution in [3.8, 4) is 0 Å². The van der Waals surface area contributed by atoms with Gasteiger partial charge in [0.25, 0.3) is 5.91 Å². The van der Waals surface area contributed by atoms with Gasteiger partial charge in [0.2, 0.25) is 0 Å². The molecule has 1 aliphatic rings. The highest BCUT2D eigenvalue weighted by molar-refractivity contribution is 5.97. The monoisotopic (exact) mass is 488 g/mol. The Bertz CT molecular complexity index is 1370. The maximum absolute atomic E-state index is 14.5. The molecule has 0 aliphatic carbocycles. The van der Waals surface area contributed by atoms with Crippen LogP contribution in [-0.2, 0) is 17.6 Å². The first-order valence-electron chi connectivity index (χ1n) is 12.0. The number of carbonyl (C=O) groups excluding carboxylic acids is 1. The number of furan rings is 1. The van der Waals surface area contributed by atoms with E-state index in [4.69, 9.17) is 4.42 Å². The van der Waals surface area contributed by atoms with Gasteiger partial charge in [0.15, 0.2) is 11.6 Å². The van der Waals surface area contributed by atoms with Crippen LogP contribution in [0.25, 0.3) is 5.70 Å². The van der Waals surface area contributed by atoms with Crippen LogP contribution in [0.3, 0.4) is 0 Å². The van der Waals surface area contributed by atoms with Crippen molar-refractivity contribution in [2.45, 2.75) is 47.0 Å². The molecule has 4 nitrogen and oxygen atoms in total. The molecule has 4 rings (SSSR count). The molecule has 0 atom stereocenters. The van der Waals surface area contributed by atoms with Gasteiger partial charge >= 0.3 is 0 Å². The first kappa shape index (κ1) is 25.2. The van der Waals surface area contributed by atoms with Crippen LogP contribution < -0.4 is 5.32 Å². The van der Waals surface area contributed by atoms with E-state index in [-0.39, 0.29) is 17.9 Å². The van der Waals surface area contributed by atoms with Gasteiger partial charge in [0, 0.05) is 36.0 Å². The Hall–Kier alpha value is -3.93. The van der Waals surface area contributed by atoms with E-state index >= 15 is 0 Å². The van der Waals surface area contributed by atoms with Crippen LogP contribution in [0.4, 0.5) is 8.78 Å². The molecule has 186 valence electrons. The lowest BCUT2D eigenvalue weighted by molar-refractivity contribution is -0.123. The number of nitrogens with zero attached hydrogens (tertiary/aromatic N) is 1. The fraction of sp³-hybridized carbons (Fsp3) is 0.233. The molecule has 6 heteroatoms. The van der Waals surface area contributed by atoms with Crippen LogP contribution in [-0.4, -0.2) is 10.8 Å². The number of amides is 1. The molecule has 0 saturated heterocycles. The second-order valence-electron chi connectivity index (χ2n) is 8.96. The summed E-state index contributed by atoms with van der Waals surface area (Å²) >= 11 is 0. The number of nitrogens with one attached hydrogen (secondary N) is 1. The van der Waals surface area contributed by atoms with Crippen molar-refractivity contribution < 1.29 is 18.0 Å². The summed E-state index contributed by atoms with van der Waals surface area (Å²) in [7, 11) is 0. The van der Waals surface area contributed by atoms with Crippen LogP contribution in [0.2, 0.25) is 0 Å². The van der Waals surface area contributed by atoms with Gasteiger partial charge in [0.1, 0.15) is 11.5 Å². The molecular weight excluding hydrogens is 458 g/mol. The van der Waals surface area contributed by atoms with Crippen molar-refractivity contribution in [3.63, 3.8) is 0 Å². The van der Waals surface area contributed by atoms with E-state index in [1.165, 1.54) is 6.07 Å². The normalized spacial score (nSPS) is 14.4. The van der Waals surface area contributed by atoms with Crippen LogP contribution in [0, 0.1) is 18.6 Å². The van der Waals surface area contributed by atoms with Crippen LogP contribution in [0.5, 0.6) is 0 Å². The molecule has 1 aromatic heterocycles. The van der Waals surface area contributed by atoms with E-state index in [0.29, 0.717) is 35.5 Å². The van der Waals surface area contributed by atoms with E-state index in [9.17, 15) is 13.6 Å². The lowest BCUT2D eigenvalue weighted by atomic mass is 9.99. The van der Waals surface area contributed by atoms with E-state index in [2.05, 4.69) is 5.32 Å². The van der Waals surface area contributed by atoms with E-state index < -0.39 is 11.6 Å². The highest BCUT2D eigenvalue weighted by Crippen LogP contribution is 2.29. The zero-order valence-electron chi connectivity index (χ0n) is 21.0. The summed E-state index contributed by atoms with van der Waals surface area (Å²) in [5.74, 6) is -0.451. The molecule has 0 fully saturated rings. The average molecular weight is 489 g/mol. The molecule has 0 saturated carbocycles. The zero-order valence-corrected chi connectivity index (χ0v) is 21.0. The third-order valence-corrected chi connectivity index (χ3v) is 6.49. The minimum absolute atomic E-state index is 0.104. The number of rotatable bonds is 7. The number of hydrogen-bond donors (Lipinski definition) is 1. The predicted molar refractivity (Wildman–Crippen MR) is 137 cm³/mol. The van der Waals surface area contributed by atoms with Gasteiger partial charge in [-0.1, -0.05) is 55.0 Å². The third-order valence-electron chi connectivity index (χ3n) is 6.49. The molecule has 2 heterocycles. The molecule has 0 bridgehead atoms. The summed E-state index contributed by atoms with van der Waals surface area (Å²) < 4.78 is 34.2. The number of aryl methyl sites for hydroxylation is 1. The minimum atomic E-state index is -0.897. The lowest BCUT2D eigenvalue weighted by Crippen LogP contribution is -2.35. The lowest BCUT2D eigenvalue weighted by Gasteiger charge is -2.31. The van der Waals surface area contributed by atoms with Crippen LogP contribution in [0.15, 0.2) is 93.8 Å². The number of hydrogen-bond acceptors (Lipinski definition) is 3. The van der Waals surface area contributed by atoms with E-state index in [1.807, 2.05) is 70.2 Å². The van der Waals surface area contributed by atoms with Crippen molar-refractivity contribution in [2.75, 3.05) is 0 Å². The molecule has 1 amide bonds. The Morgan fingerprint density at radius 3 is 2.42 bits per heavy atom. The van der Waals surface area contributed by atoms with Gasteiger partial charge in [-0.15, -0.1) is 0 Å². The highest BCUT2D eigenvalue weighted by Gasteiger charge is 2.27. The topological polar surface area (TPSA) is 45.5 Å². The summed E-state index contributed by atoms with van der Waals surface area (Å²) in [5, 5.41) is 3.36. The highest BCUT2D eigenvalue weighted by atomic mass is 19.2. The summed E-state index contributed by atoms with van der Waals surface area (Å²) in [6, 6.07) is 17.5. The Kier molecular flexibility index (Phi) is 7.53. The predicted octanol–water partition coefficient (Wildman–Crippen LogP) is 7.04. The Labute approximate surface area is 210 Å². The van der Waals surface area contributed by atoms with Gasteiger partial charge in [-0.05, 0) is 56.5 Å². The minimum Gasteiger partial charge on any atom is -0.466 e. The number of allylic oxidation sites excluding steroid dienone is 3. The smallest absolute Gasteiger partial charge is 0.258 e. The van der Waals surface area contributed by atoms with Gasteiger partial charge in [-0.2, -0.15) is 0 Å². The molecular formula is C30H30F2N2O2. The first-order chi connectivity index (χ1) is 17.3. The SMILES string of the molecule is CC/C(C)=C(\Cc1ccc(C)o1)C(=O)N1C=C(c2ccccc2)NC(Cc2cccc(F)c2F)=C1C. The van der Waals surface area contributed by atoms with Crippen molar-refractivity contribution in [2.24, 2.45) is 0 Å². The molecule has 36 heavy (non-hydrogen) atoms. The van der Waals surface area contributed by atoms with Crippen molar-refractivity contribution in [3.05, 3.63) is 124 Å². The second kappa shape index (κ2) is 10.8. The quantitative estimate of drug-likeness (QED) is 0.363. The van der Waals surface area contributed by atoms with E-state index in [0.717, 1.165) is 28.7 Å². The average Bonchev–Trinajstić information content (AvgIpc) is 3.30. The Balaban J connectivity index is 1.77. The standard InChI is InChI=1S/C30H30F2N2O2/c1-5-19(2)25(17-24-15-14-20(3)36-24)30(35)34-18-28(22-10-7-6-8-11-22)33-27(21(34)4)16-23-12-9-13-26(31)29(23)32/h6-15,18,33H,5,16-17H2,1-4H3/b25-19+. The molecule has 2 aromatic carbocycles. The number of benzene rings is 2. The summed E-state index contributed by atoms with van der Waals surface area (Å²) in [6.45, 7) is 7.65. The zero-order chi connectivity index (χ0) is 25.8. The molecule has 0 unspecified atom stereocenters. The number of carbonyl (C=O) groups is 1. The summed E-state index contributed by atoms with van der Waals surface area (Å²) in [4.78, 5) is 15.6. The fourth-order valence-electron chi connectivity index (χ4n) is 4.20. The van der Waals surface area contributed by atoms with Gasteiger partial charge in [-0.3, -0.25) is 9.69 Å². The van der Waals surface area contributed by atoms with Crippen LogP contribution >= 0.6 is 0 Å². The maximum Gasteiger partial charge on any atom is 0.258 e. The fourth-order valence-corrected chi connectivity index (χ4v) is 4.20. The van der Waals surface area contributed by atoms with Gasteiger partial charge in [0.05, 0.1) is 5.70 Å². The molecule has 3 aromatic rings. The molecule has 0 radical (unpaired) electrons.